The Morgan fingerprint density at radius 1 is 1.17 bits per heavy atom. The molecule has 0 aliphatic carbocycles. The molecule has 1 unspecified atom stereocenters. The largest absolute Gasteiger partial charge is 0.414 e. The van der Waals surface area contributed by atoms with E-state index in [2.05, 4.69) is 33.9 Å². The summed E-state index contributed by atoms with van der Waals surface area (Å²) in [5, 5.41) is 20.2. The van der Waals surface area contributed by atoms with Crippen LogP contribution in [0.25, 0.3) is 0 Å². The van der Waals surface area contributed by atoms with Crippen molar-refractivity contribution in [3.05, 3.63) is 35.9 Å². The van der Waals surface area contributed by atoms with Crippen LogP contribution in [-0.2, 0) is 13.9 Å². The lowest BCUT2D eigenvalue weighted by molar-refractivity contribution is -0.0909. The summed E-state index contributed by atoms with van der Waals surface area (Å²) in [5.74, 6) is 0. The number of ether oxygens (including phenoxy) is 2. The van der Waals surface area contributed by atoms with E-state index in [0.717, 1.165) is 5.56 Å². The molecule has 1 heterocycles. The summed E-state index contributed by atoms with van der Waals surface area (Å²) in [5.41, 5.74) is 0.871. The highest BCUT2D eigenvalue weighted by atomic mass is 28.4. The first kappa shape index (κ1) is 19.6. The number of rotatable bonds is 6. The Labute approximate surface area is 145 Å². The third-order valence-electron chi connectivity index (χ3n) is 5.00. The van der Waals surface area contributed by atoms with Crippen molar-refractivity contribution in [3.8, 4) is 0 Å². The van der Waals surface area contributed by atoms with E-state index < -0.39 is 32.9 Å². The molecule has 1 aliphatic rings. The quantitative estimate of drug-likeness (QED) is 0.769. The van der Waals surface area contributed by atoms with Crippen molar-refractivity contribution >= 4 is 8.32 Å². The minimum Gasteiger partial charge on any atom is -0.414 e. The van der Waals surface area contributed by atoms with Crippen LogP contribution >= 0.6 is 0 Å². The van der Waals surface area contributed by atoms with Gasteiger partial charge in [0.15, 0.2) is 14.6 Å². The normalized spacial score (nSPS) is 26.5. The van der Waals surface area contributed by atoms with Crippen molar-refractivity contribution in [1.82, 2.24) is 0 Å². The predicted octanol–water partition coefficient (Wildman–Crippen LogP) is 2.84. The zero-order chi connectivity index (χ0) is 18.0. The average molecular weight is 355 g/mol. The Bertz CT molecular complexity index is 514. The highest BCUT2D eigenvalue weighted by Crippen LogP contribution is 2.37. The smallest absolute Gasteiger partial charge is 0.192 e. The molecule has 0 radical (unpaired) electrons. The van der Waals surface area contributed by atoms with Gasteiger partial charge in [-0.05, 0) is 18.1 Å². The van der Waals surface area contributed by atoms with Crippen LogP contribution in [0.5, 0.6) is 0 Å². The number of aliphatic hydroxyl groups is 2. The molecule has 1 aromatic rings. The molecule has 2 N–H and O–H groups in total. The molecule has 4 atom stereocenters. The van der Waals surface area contributed by atoms with Crippen molar-refractivity contribution in [2.24, 2.45) is 0 Å². The second-order valence-corrected chi connectivity index (χ2v) is 12.6. The van der Waals surface area contributed by atoms with Gasteiger partial charge in [-0.25, -0.2) is 0 Å². The molecular weight excluding hydrogens is 324 g/mol. The second kappa shape index (κ2) is 7.64. The maximum atomic E-state index is 10.5. The van der Waals surface area contributed by atoms with Crippen LogP contribution < -0.4 is 0 Å². The fourth-order valence-corrected chi connectivity index (χ4v) is 3.38. The van der Waals surface area contributed by atoms with Gasteiger partial charge in [0, 0.05) is 5.56 Å². The third-order valence-corrected chi connectivity index (χ3v) is 9.50. The van der Waals surface area contributed by atoms with E-state index in [0.29, 0.717) is 0 Å². The van der Waals surface area contributed by atoms with Crippen molar-refractivity contribution in [1.29, 1.82) is 0 Å². The first-order valence-electron chi connectivity index (χ1n) is 8.44. The number of hydrogen-bond donors (Lipinski definition) is 2. The molecule has 6 heteroatoms. The summed E-state index contributed by atoms with van der Waals surface area (Å²) in [6, 6.07) is 9.53. The Hall–Kier alpha value is -0.763. The van der Waals surface area contributed by atoms with Crippen LogP contribution in [0, 0.1) is 0 Å². The maximum Gasteiger partial charge on any atom is 0.192 e. The summed E-state index contributed by atoms with van der Waals surface area (Å²) in [6.45, 7) is 10.7. The monoisotopic (exact) mass is 354 g/mol. The lowest BCUT2D eigenvalue weighted by Gasteiger charge is -2.37. The Morgan fingerprint density at radius 2 is 1.79 bits per heavy atom. The third kappa shape index (κ3) is 4.44. The number of aliphatic hydroxyl groups excluding tert-OH is 2. The first-order chi connectivity index (χ1) is 11.2. The first-order valence-corrected chi connectivity index (χ1v) is 11.4. The Kier molecular flexibility index (Phi) is 6.22. The van der Waals surface area contributed by atoms with E-state index in [-0.39, 0.29) is 18.3 Å². The predicted molar refractivity (Wildman–Crippen MR) is 95.2 cm³/mol. The lowest BCUT2D eigenvalue weighted by atomic mass is 10.1. The van der Waals surface area contributed by atoms with Crippen molar-refractivity contribution in [3.63, 3.8) is 0 Å². The molecule has 24 heavy (non-hydrogen) atoms. The van der Waals surface area contributed by atoms with Crippen molar-refractivity contribution < 1.29 is 24.1 Å². The summed E-state index contributed by atoms with van der Waals surface area (Å²) >= 11 is 0. The van der Waals surface area contributed by atoms with Gasteiger partial charge in [0.1, 0.15) is 18.3 Å². The van der Waals surface area contributed by atoms with Crippen LogP contribution in [0.2, 0.25) is 18.1 Å². The minimum atomic E-state index is -1.95. The second-order valence-electron chi connectivity index (χ2n) is 7.84. The zero-order valence-electron chi connectivity index (χ0n) is 15.2. The highest BCUT2D eigenvalue weighted by molar-refractivity contribution is 6.74. The molecule has 1 aromatic carbocycles. The van der Waals surface area contributed by atoms with Crippen LogP contribution in [0.4, 0.5) is 0 Å². The molecular formula is C18H30O5Si. The van der Waals surface area contributed by atoms with Gasteiger partial charge in [-0.15, -0.1) is 0 Å². The molecule has 0 bridgehead atoms. The molecule has 136 valence electrons. The molecule has 5 nitrogen and oxygen atoms in total. The van der Waals surface area contributed by atoms with Gasteiger partial charge in [0.25, 0.3) is 0 Å². The van der Waals surface area contributed by atoms with E-state index >= 15 is 0 Å². The zero-order valence-corrected chi connectivity index (χ0v) is 16.2. The van der Waals surface area contributed by atoms with Crippen LogP contribution in [-0.4, -0.2) is 50.1 Å². The summed E-state index contributed by atoms with van der Waals surface area (Å²) in [7, 11) is -1.95. The van der Waals surface area contributed by atoms with Gasteiger partial charge < -0.3 is 24.1 Å². The number of hydrogen-bond acceptors (Lipinski definition) is 5. The van der Waals surface area contributed by atoms with Gasteiger partial charge in [-0.3, -0.25) is 0 Å². The fourth-order valence-electron chi connectivity index (χ4n) is 2.36. The Balaban J connectivity index is 1.99. The van der Waals surface area contributed by atoms with Crippen molar-refractivity contribution in [2.75, 3.05) is 13.2 Å². The molecule has 1 saturated heterocycles. The SMILES string of the molecule is CC(C)(C)[Si](C)(C)OC[C@H](O)[C@@H]1OC(c2ccccc2)O[C@@H]1CO. The molecule has 1 fully saturated rings. The van der Waals surface area contributed by atoms with Gasteiger partial charge in [-0.2, -0.15) is 0 Å². The summed E-state index contributed by atoms with van der Waals surface area (Å²) in [6.07, 6.45) is -2.58. The van der Waals surface area contributed by atoms with E-state index in [4.69, 9.17) is 13.9 Å². The van der Waals surface area contributed by atoms with E-state index in [1.165, 1.54) is 0 Å². The summed E-state index contributed by atoms with van der Waals surface area (Å²) in [4.78, 5) is 0. The van der Waals surface area contributed by atoms with E-state index in [9.17, 15) is 10.2 Å². The van der Waals surface area contributed by atoms with Gasteiger partial charge in [0.2, 0.25) is 0 Å². The van der Waals surface area contributed by atoms with Crippen LogP contribution in [0.15, 0.2) is 30.3 Å². The Morgan fingerprint density at radius 3 is 2.33 bits per heavy atom. The van der Waals surface area contributed by atoms with E-state index in [1.54, 1.807) is 0 Å². The number of benzene rings is 1. The lowest BCUT2D eigenvalue weighted by Crippen LogP contribution is -2.46. The average Bonchev–Trinajstić information content (AvgIpc) is 2.97. The molecule has 0 saturated carbocycles. The van der Waals surface area contributed by atoms with E-state index in [1.807, 2.05) is 30.3 Å². The summed E-state index contributed by atoms with van der Waals surface area (Å²) < 4.78 is 17.7. The van der Waals surface area contributed by atoms with Crippen LogP contribution in [0.3, 0.4) is 0 Å². The van der Waals surface area contributed by atoms with Crippen molar-refractivity contribution in [2.45, 2.75) is 63.5 Å². The molecule has 0 spiro atoms. The molecule has 2 rings (SSSR count). The highest BCUT2D eigenvalue weighted by Gasteiger charge is 2.43. The fraction of sp³-hybridized carbons (Fsp3) is 0.667. The van der Waals surface area contributed by atoms with Gasteiger partial charge in [-0.1, -0.05) is 51.1 Å². The minimum absolute atomic E-state index is 0.0721. The topological polar surface area (TPSA) is 68.2 Å². The van der Waals surface area contributed by atoms with Crippen LogP contribution in [0.1, 0.15) is 32.6 Å². The molecule has 0 aromatic heterocycles. The molecule has 0 amide bonds. The van der Waals surface area contributed by atoms with Gasteiger partial charge >= 0.3 is 0 Å². The molecule has 1 aliphatic heterocycles. The van der Waals surface area contributed by atoms with Gasteiger partial charge in [0.05, 0.1) is 13.2 Å². The maximum absolute atomic E-state index is 10.5. The standard InChI is InChI=1S/C18H30O5Si/c1-18(2,3)24(4,5)21-12-14(20)16-15(11-19)22-17(23-16)13-9-7-6-8-10-13/h6-10,14-17,19-20H,11-12H2,1-5H3/t14-,15+,16-,17?/m0/s1.